The summed E-state index contributed by atoms with van der Waals surface area (Å²) in [5.41, 5.74) is 2.01. The smallest absolute Gasteiger partial charge is 0.417 e. The van der Waals surface area contributed by atoms with Gasteiger partial charge in [0, 0.05) is 24.5 Å². The summed E-state index contributed by atoms with van der Waals surface area (Å²) in [5, 5.41) is 9.23. The number of thiocarbonyl (C=S) groups is 1. The number of carbonyl (C=O) groups is 2. The van der Waals surface area contributed by atoms with E-state index < -0.39 is 44.7 Å². The van der Waals surface area contributed by atoms with Gasteiger partial charge in [0.15, 0.2) is 5.11 Å². The molecule has 1 saturated heterocycles. The minimum atomic E-state index is -4.79. The lowest BCUT2D eigenvalue weighted by Gasteiger charge is -2.29. The second-order valence-corrected chi connectivity index (χ2v) is 17.6. The number of halogens is 3. The number of carbonyl (C=O) groups excluding carboxylic acids is 2. The number of ether oxygens (including phenoxy) is 3. The molecule has 0 spiro atoms. The second kappa shape index (κ2) is 21.6. The van der Waals surface area contributed by atoms with E-state index in [1.807, 2.05) is 48.5 Å². The van der Waals surface area contributed by atoms with Crippen molar-refractivity contribution in [1.29, 1.82) is 5.26 Å². The summed E-state index contributed by atoms with van der Waals surface area (Å²) in [7, 11) is -3.88. The Morgan fingerprint density at radius 3 is 1.82 bits per heavy atom. The molecule has 5 aromatic rings. The van der Waals surface area contributed by atoms with Gasteiger partial charge in [0.1, 0.15) is 17.0 Å². The Morgan fingerprint density at radius 2 is 1.26 bits per heavy atom. The lowest BCUT2D eigenvalue weighted by molar-refractivity contribution is -0.137. The average molecular weight is 928 g/mol. The van der Waals surface area contributed by atoms with Crippen molar-refractivity contribution in [2.24, 2.45) is 0 Å². The van der Waals surface area contributed by atoms with Crippen LogP contribution in [0.3, 0.4) is 0 Å². The van der Waals surface area contributed by atoms with Gasteiger partial charge < -0.3 is 19.1 Å². The van der Waals surface area contributed by atoms with Crippen molar-refractivity contribution < 1.29 is 45.4 Å². The zero-order valence-corrected chi connectivity index (χ0v) is 37.4. The maximum atomic E-state index is 13.7. The monoisotopic (exact) mass is 927 g/mol. The van der Waals surface area contributed by atoms with Crippen LogP contribution in [0.1, 0.15) is 73.9 Å². The first-order chi connectivity index (χ1) is 31.1. The van der Waals surface area contributed by atoms with E-state index in [1.165, 1.54) is 18.2 Å². The summed E-state index contributed by atoms with van der Waals surface area (Å²) >= 11 is 5.66. The van der Waals surface area contributed by atoms with Crippen LogP contribution < -0.4 is 29.5 Å². The number of alkyl halides is 3. The SMILES string of the molecule is CC1(C)C(=O)N(c2ccc(C#N)c(C(F)(F)F)c2)C(=S)N1c1ccc(-c2ccc(OCCCCCOCCCCCOc3ccc(C(=O)NNS(=O)(=O)c4ccccc4)cc3)cc2)cc1. The molecule has 0 aromatic heterocycles. The fraction of sp³-hybridized carbons (Fsp3) is 0.292. The molecule has 2 N–H and O–H groups in total. The zero-order valence-electron chi connectivity index (χ0n) is 35.8. The number of sulfonamides is 1. The topological polar surface area (TPSA) is 150 Å². The fourth-order valence-corrected chi connectivity index (χ4v) is 8.38. The van der Waals surface area contributed by atoms with Crippen LogP contribution in [-0.2, 0) is 25.7 Å². The van der Waals surface area contributed by atoms with Crippen LogP contribution in [-0.4, -0.2) is 57.3 Å². The summed E-state index contributed by atoms with van der Waals surface area (Å²) in [5.74, 6) is 0.272. The van der Waals surface area contributed by atoms with Crippen molar-refractivity contribution in [3.05, 3.63) is 138 Å². The van der Waals surface area contributed by atoms with Crippen LogP contribution in [0.4, 0.5) is 24.5 Å². The largest absolute Gasteiger partial charge is 0.494 e. The molecule has 17 heteroatoms. The van der Waals surface area contributed by atoms with Crippen LogP contribution in [0, 0.1) is 11.3 Å². The van der Waals surface area contributed by atoms with E-state index in [2.05, 4.69) is 10.3 Å². The third-order valence-corrected chi connectivity index (χ3v) is 12.2. The quantitative estimate of drug-likeness (QED) is 0.0414. The van der Waals surface area contributed by atoms with Gasteiger partial charge in [-0.1, -0.05) is 42.5 Å². The van der Waals surface area contributed by atoms with Crippen LogP contribution in [0.15, 0.2) is 126 Å². The van der Waals surface area contributed by atoms with Gasteiger partial charge in [-0.15, -0.1) is 4.83 Å². The molecule has 0 radical (unpaired) electrons. The summed E-state index contributed by atoms with van der Waals surface area (Å²) in [4.78, 5) is 30.8. The molecule has 1 heterocycles. The van der Waals surface area contributed by atoms with E-state index in [4.69, 9.17) is 26.4 Å². The van der Waals surface area contributed by atoms with Crippen LogP contribution in [0.5, 0.6) is 11.5 Å². The molecule has 12 nitrogen and oxygen atoms in total. The molecule has 0 atom stereocenters. The third-order valence-electron chi connectivity index (χ3n) is 10.5. The van der Waals surface area contributed by atoms with E-state index in [1.54, 1.807) is 67.3 Å². The highest BCUT2D eigenvalue weighted by Crippen LogP contribution is 2.40. The van der Waals surface area contributed by atoms with Crippen molar-refractivity contribution in [3.8, 4) is 28.7 Å². The Hall–Kier alpha value is -6.32. The van der Waals surface area contributed by atoms with E-state index in [0.717, 1.165) is 72.4 Å². The lowest BCUT2D eigenvalue weighted by Crippen LogP contribution is -2.44. The molecule has 5 aromatic carbocycles. The first-order valence-corrected chi connectivity index (χ1v) is 22.8. The predicted molar refractivity (Wildman–Crippen MR) is 245 cm³/mol. The summed E-state index contributed by atoms with van der Waals surface area (Å²) in [6.07, 6.45) is 0.677. The molecule has 65 heavy (non-hydrogen) atoms. The van der Waals surface area contributed by atoms with Crippen LogP contribution >= 0.6 is 12.2 Å². The first kappa shape index (κ1) is 48.1. The highest BCUT2D eigenvalue weighted by molar-refractivity contribution is 7.89. The van der Waals surface area contributed by atoms with Crippen molar-refractivity contribution in [2.45, 2.75) is 69.0 Å². The van der Waals surface area contributed by atoms with Gasteiger partial charge in [-0.3, -0.25) is 19.9 Å². The number of nitriles is 1. The molecule has 0 saturated carbocycles. The van der Waals surface area contributed by atoms with Gasteiger partial charge >= 0.3 is 6.18 Å². The molecule has 340 valence electrons. The molecule has 1 aliphatic heterocycles. The molecular formula is C48H48F3N5O7S2. The number of amides is 2. The number of hydrazine groups is 1. The van der Waals surface area contributed by atoms with Crippen molar-refractivity contribution >= 4 is 50.5 Å². The van der Waals surface area contributed by atoms with Crippen LogP contribution in [0.25, 0.3) is 11.1 Å². The Balaban J connectivity index is 0.830. The number of anilines is 2. The van der Waals surface area contributed by atoms with E-state index in [9.17, 15) is 36.4 Å². The highest BCUT2D eigenvalue weighted by atomic mass is 32.2. The minimum Gasteiger partial charge on any atom is -0.494 e. The maximum Gasteiger partial charge on any atom is 0.417 e. The molecule has 0 aliphatic carbocycles. The van der Waals surface area contributed by atoms with Gasteiger partial charge in [0.25, 0.3) is 21.8 Å². The van der Waals surface area contributed by atoms with Crippen molar-refractivity contribution in [1.82, 2.24) is 10.3 Å². The van der Waals surface area contributed by atoms with Crippen molar-refractivity contribution in [2.75, 3.05) is 36.2 Å². The van der Waals surface area contributed by atoms with Gasteiger partial charge in [-0.2, -0.15) is 18.4 Å². The van der Waals surface area contributed by atoms with Gasteiger partial charge in [0.05, 0.1) is 41.0 Å². The molecule has 1 fully saturated rings. The molecule has 2 amide bonds. The van der Waals surface area contributed by atoms with E-state index in [0.29, 0.717) is 37.9 Å². The average Bonchev–Trinajstić information content (AvgIpc) is 3.48. The molecule has 6 rings (SSSR count). The van der Waals surface area contributed by atoms with Gasteiger partial charge in [0.2, 0.25) is 0 Å². The number of benzene rings is 5. The molecule has 0 unspecified atom stereocenters. The Kier molecular flexibility index (Phi) is 16.0. The Bertz CT molecular complexity index is 2590. The highest BCUT2D eigenvalue weighted by Gasteiger charge is 2.50. The second-order valence-electron chi connectivity index (χ2n) is 15.6. The Morgan fingerprint density at radius 1 is 0.738 bits per heavy atom. The predicted octanol–water partition coefficient (Wildman–Crippen LogP) is 9.60. The number of hydrogen-bond acceptors (Lipinski definition) is 9. The summed E-state index contributed by atoms with van der Waals surface area (Å²) in [6.45, 7) is 5.74. The molecular weight excluding hydrogens is 880 g/mol. The van der Waals surface area contributed by atoms with Gasteiger partial charge in [-0.05, 0) is 155 Å². The number of nitrogens with zero attached hydrogens (tertiary/aromatic N) is 3. The zero-order chi connectivity index (χ0) is 46.6. The minimum absolute atomic E-state index is 0.0286. The standard InChI is InChI=1S/C48H48F3N5O7S2/c1-47(2)45(58)55(39-23-16-37(33-52)43(32-39)48(49,50)51)46(64)56(47)38-21-14-34(15-22-38)35-17-24-40(25-18-35)62-30-10-4-8-28-61-29-9-5-11-31-63-41-26-19-36(20-27-41)44(57)53-54-65(59,60)42-12-6-3-7-13-42/h3,6-7,12-27,32,54H,4-5,8-11,28-31H2,1-2H3,(H,53,57). The third kappa shape index (κ3) is 12.3. The number of hydrogen-bond donors (Lipinski definition) is 2. The maximum absolute atomic E-state index is 13.7. The van der Waals surface area contributed by atoms with E-state index in [-0.39, 0.29) is 21.3 Å². The molecule has 0 bridgehead atoms. The number of nitrogens with one attached hydrogen (secondary N) is 2. The normalized spacial score (nSPS) is 13.7. The van der Waals surface area contributed by atoms with Gasteiger partial charge in [-0.25, -0.2) is 8.42 Å². The number of rotatable bonds is 21. The summed E-state index contributed by atoms with van der Waals surface area (Å²) < 4.78 is 83.3. The fourth-order valence-electron chi connectivity index (χ4n) is 7.00. The van der Waals surface area contributed by atoms with E-state index >= 15 is 0 Å². The summed E-state index contributed by atoms with van der Waals surface area (Å²) in [6, 6.07) is 34.0. The molecule has 1 aliphatic rings. The van der Waals surface area contributed by atoms with Crippen molar-refractivity contribution in [3.63, 3.8) is 0 Å². The first-order valence-electron chi connectivity index (χ1n) is 20.9. The lowest BCUT2D eigenvalue weighted by atomic mass is 10.0. The van der Waals surface area contributed by atoms with Crippen LogP contribution in [0.2, 0.25) is 0 Å². The number of unbranched alkanes of at least 4 members (excludes halogenated alkanes) is 4. The Labute approximate surface area is 381 Å².